The standard InChI is InChI=1S/C24H24ClF3N4O4S/c25-18-6-2-16(3-7-18)12-31-23-32(11-1-10-29-13-21(33)30-14-22(34)35)20(15-37-23)17-4-8-19(9-5-17)36-24(26,27)28/h2-9,15,29H,1,10-14H2,(H,30,33)(H,34,35)/b31-23-. The van der Waals surface area contributed by atoms with Gasteiger partial charge in [0, 0.05) is 16.9 Å². The fraction of sp³-hybridized carbons (Fsp3) is 0.292. The molecule has 1 heterocycles. The quantitative estimate of drug-likeness (QED) is 0.292. The van der Waals surface area contributed by atoms with E-state index in [0.29, 0.717) is 36.6 Å². The van der Waals surface area contributed by atoms with Crippen LogP contribution in [-0.2, 0) is 22.7 Å². The normalized spacial score (nSPS) is 11.9. The Morgan fingerprint density at radius 1 is 1.08 bits per heavy atom. The number of carbonyl (C=O) groups is 2. The third-order valence-corrected chi connectivity index (χ3v) is 6.10. The number of carboxylic acid groups (broad SMARTS) is 1. The van der Waals surface area contributed by atoms with Gasteiger partial charge in [0.1, 0.15) is 12.3 Å². The fourth-order valence-electron chi connectivity index (χ4n) is 3.28. The number of halogens is 4. The number of nitrogens with one attached hydrogen (secondary N) is 2. The summed E-state index contributed by atoms with van der Waals surface area (Å²) in [5, 5.41) is 16.3. The molecular weight excluding hydrogens is 533 g/mol. The number of hydrogen-bond donors (Lipinski definition) is 3. The fourth-order valence-corrected chi connectivity index (χ4v) is 4.34. The zero-order valence-electron chi connectivity index (χ0n) is 19.4. The van der Waals surface area contributed by atoms with Crippen LogP contribution in [0.2, 0.25) is 5.02 Å². The lowest BCUT2D eigenvalue weighted by Crippen LogP contribution is -2.37. The van der Waals surface area contributed by atoms with E-state index in [9.17, 15) is 22.8 Å². The Labute approximate surface area is 219 Å². The summed E-state index contributed by atoms with van der Waals surface area (Å²) < 4.78 is 43.4. The smallest absolute Gasteiger partial charge is 0.480 e. The summed E-state index contributed by atoms with van der Waals surface area (Å²) in [6, 6.07) is 12.9. The number of hydrogen-bond acceptors (Lipinski definition) is 6. The lowest BCUT2D eigenvalue weighted by molar-refractivity contribution is -0.274. The predicted molar refractivity (Wildman–Crippen MR) is 133 cm³/mol. The van der Waals surface area contributed by atoms with Crippen LogP contribution in [0.1, 0.15) is 12.0 Å². The molecule has 3 rings (SSSR count). The van der Waals surface area contributed by atoms with Crippen molar-refractivity contribution < 1.29 is 32.6 Å². The minimum Gasteiger partial charge on any atom is -0.480 e. The zero-order valence-corrected chi connectivity index (χ0v) is 21.0. The zero-order chi connectivity index (χ0) is 26.8. The number of aromatic nitrogens is 1. The topological polar surface area (TPSA) is 105 Å². The summed E-state index contributed by atoms with van der Waals surface area (Å²) in [5.74, 6) is -1.86. The van der Waals surface area contributed by atoms with Crippen molar-refractivity contribution in [2.24, 2.45) is 4.99 Å². The van der Waals surface area contributed by atoms with Crippen molar-refractivity contribution >= 4 is 34.8 Å². The van der Waals surface area contributed by atoms with Crippen LogP contribution < -0.4 is 20.2 Å². The monoisotopic (exact) mass is 556 g/mol. The Morgan fingerprint density at radius 3 is 2.43 bits per heavy atom. The number of aliphatic carboxylic acids is 1. The molecule has 0 aliphatic rings. The first-order chi connectivity index (χ1) is 17.6. The molecule has 8 nitrogen and oxygen atoms in total. The lowest BCUT2D eigenvalue weighted by atomic mass is 10.1. The van der Waals surface area contributed by atoms with Crippen LogP contribution in [0.25, 0.3) is 11.3 Å². The average Bonchev–Trinajstić information content (AvgIpc) is 3.24. The Balaban J connectivity index is 1.73. The maximum Gasteiger partial charge on any atom is 0.573 e. The average molecular weight is 557 g/mol. The van der Waals surface area contributed by atoms with Gasteiger partial charge in [0.15, 0.2) is 4.80 Å². The number of alkyl halides is 3. The molecule has 3 N–H and O–H groups in total. The number of carbonyl (C=O) groups excluding carboxylic acids is 1. The van der Waals surface area contributed by atoms with Crippen molar-refractivity contribution in [1.29, 1.82) is 0 Å². The summed E-state index contributed by atoms with van der Waals surface area (Å²) in [6.45, 7) is 0.931. The summed E-state index contributed by atoms with van der Waals surface area (Å²) in [4.78, 5) is 27.6. The molecule has 198 valence electrons. The first-order valence-electron chi connectivity index (χ1n) is 11.1. The van der Waals surface area contributed by atoms with Crippen LogP contribution in [-0.4, -0.2) is 47.5 Å². The van der Waals surface area contributed by atoms with E-state index in [-0.39, 0.29) is 12.3 Å². The van der Waals surface area contributed by atoms with Gasteiger partial charge in [-0.1, -0.05) is 23.7 Å². The largest absolute Gasteiger partial charge is 0.573 e. The van der Waals surface area contributed by atoms with Crippen molar-refractivity contribution in [3.8, 4) is 17.0 Å². The van der Waals surface area contributed by atoms with Gasteiger partial charge in [0.2, 0.25) is 5.91 Å². The van der Waals surface area contributed by atoms with Crippen LogP contribution in [0, 0.1) is 0 Å². The van der Waals surface area contributed by atoms with Crippen molar-refractivity contribution in [3.05, 3.63) is 69.3 Å². The number of rotatable bonds is 12. The Kier molecular flexibility index (Phi) is 10.1. The molecule has 1 aromatic heterocycles. The van der Waals surface area contributed by atoms with E-state index in [4.69, 9.17) is 21.7 Å². The summed E-state index contributed by atoms with van der Waals surface area (Å²) in [7, 11) is 0. The van der Waals surface area contributed by atoms with Crippen molar-refractivity contribution in [3.63, 3.8) is 0 Å². The molecule has 13 heteroatoms. The molecule has 3 aromatic rings. The van der Waals surface area contributed by atoms with E-state index in [2.05, 4.69) is 15.4 Å². The minimum atomic E-state index is -4.77. The molecule has 1 amide bonds. The van der Waals surface area contributed by atoms with E-state index in [1.807, 2.05) is 22.1 Å². The highest BCUT2D eigenvalue weighted by Gasteiger charge is 2.31. The van der Waals surface area contributed by atoms with E-state index in [0.717, 1.165) is 16.1 Å². The number of ether oxygens (including phenoxy) is 1. The van der Waals surface area contributed by atoms with Gasteiger partial charge in [-0.15, -0.1) is 24.5 Å². The van der Waals surface area contributed by atoms with E-state index >= 15 is 0 Å². The molecule has 0 aliphatic carbocycles. The summed E-state index contributed by atoms with van der Waals surface area (Å²) in [6.07, 6.45) is -4.16. The van der Waals surface area contributed by atoms with E-state index < -0.39 is 24.8 Å². The van der Waals surface area contributed by atoms with Gasteiger partial charge in [-0.2, -0.15) is 0 Å². The SMILES string of the molecule is O=C(O)CNC(=O)CNCCCn1c(-c2ccc(OC(F)(F)F)cc2)cs/c1=N\Cc1ccc(Cl)cc1. The number of thiazole rings is 1. The number of carboxylic acids is 1. The maximum absolute atomic E-state index is 12.5. The molecule has 0 atom stereocenters. The third-order valence-electron chi connectivity index (χ3n) is 4.95. The van der Waals surface area contributed by atoms with Crippen LogP contribution in [0.5, 0.6) is 5.75 Å². The van der Waals surface area contributed by atoms with E-state index in [1.54, 1.807) is 24.3 Å². The first-order valence-corrected chi connectivity index (χ1v) is 12.3. The number of nitrogens with zero attached hydrogens (tertiary/aromatic N) is 2. The third kappa shape index (κ3) is 9.56. The molecule has 0 aliphatic heterocycles. The van der Waals surface area contributed by atoms with Gasteiger partial charge >= 0.3 is 12.3 Å². The van der Waals surface area contributed by atoms with Gasteiger partial charge in [-0.25, -0.2) is 0 Å². The van der Waals surface area contributed by atoms with Crippen LogP contribution in [0.4, 0.5) is 13.2 Å². The van der Waals surface area contributed by atoms with Gasteiger partial charge < -0.3 is 25.0 Å². The molecule has 2 aromatic carbocycles. The molecule has 0 fully saturated rings. The first kappa shape index (κ1) is 28.2. The number of amides is 1. The van der Waals surface area contributed by atoms with Gasteiger partial charge in [-0.05, 0) is 60.5 Å². The molecular formula is C24H24ClF3N4O4S. The molecule has 0 saturated heterocycles. The van der Waals surface area contributed by atoms with Gasteiger partial charge in [0.05, 0.1) is 18.8 Å². The molecule has 0 bridgehead atoms. The summed E-state index contributed by atoms with van der Waals surface area (Å²) in [5.41, 5.74) is 2.44. The second-order valence-electron chi connectivity index (χ2n) is 7.77. The van der Waals surface area contributed by atoms with Crippen molar-refractivity contribution in [1.82, 2.24) is 15.2 Å². The minimum absolute atomic E-state index is 0.0249. The summed E-state index contributed by atoms with van der Waals surface area (Å²) >= 11 is 7.35. The van der Waals surface area contributed by atoms with Crippen molar-refractivity contribution in [2.45, 2.75) is 25.9 Å². The highest BCUT2D eigenvalue weighted by atomic mass is 35.5. The number of benzene rings is 2. The van der Waals surface area contributed by atoms with E-state index in [1.165, 1.54) is 23.5 Å². The highest BCUT2D eigenvalue weighted by Crippen LogP contribution is 2.27. The molecule has 0 spiro atoms. The predicted octanol–water partition coefficient (Wildman–Crippen LogP) is 4.05. The molecule has 0 saturated carbocycles. The van der Waals surface area contributed by atoms with Crippen LogP contribution in [0.15, 0.2) is 58.9 Å². The van der Waals surface area contributed by atoms with Crippen LogP contribution in [0.3, 0.4) is 0 Å². The second-order valence-corrected chi connectivity index (χ2v) is 9.04. The highest BCUT2D eigenvalue weighted by molar-refractivity contribution is 7.07. The Hall–Kier alpha value is -3.35. The lowest BCUT2D eigenvalue weighted by Gasteiger charge is -2.12. The van der Waals surface area contributed by atoms with Crippen LogP contribution >= 0.6 is 22.9 Å². The Bertz CT molecular complexity index is 1260. The second kappa shape index (κ2) is 13.3. The van der Waals surface area contributed by atoms with Crippen molar-refractivity contribution in [2.75, 3.05) is 19.6 Å². The maximum atomic E-state index is 12.5. The van der Waals surface area contributed by atoms with Gasteiger partial charge in [-0.3, -0.25) is 14.6 Å². The molecule has 37 heavy (non-hydrogen) atoms. The van der Waals surface area contributed by atoms with Gasteiger partial charge in [0.25, 0.3) is 0 Å². The molecule has 0 radical (unpaired) electrons. The Morgan fingerprint density at radius 2 is 1.78 bits per heavy atom. The molecule has 0 unspecified atom stereocenters.